The van der Waals surface area contributed by atoms with Crippen LogP contribution in [0.3, 0.4) is 0 Å². The van der Waals surface area contributed by atoms with Crippen molar-refractivity contribution in [2.45, 2.75) is 177 Å². The second kappa shape index (κ2) is 15.4. The minimum Gasteiger partial charge on any atom is -0.459 e. The molecule has 6 aliphatic rings. The fourth-order valence-corrected chi connectivity index (χ4v) is 9.49. The standard InChI is InChI=1S/C36H54N4O8/c41-29(39-27-17-7-5-15-25(27)37-35(33(39)45)19-9-3-10-20-35)31(43)47-23-13-1-2-14-24-48-32(44)30(42)40-28-18-8-6-16-26(28)38-36(34(40)46)21-11-4-12-22-36/h25-28,37-38H,1-24H2/t25-,26?,27-,28?/m0/s1. The molecule has 0 bridgehead atoms. The van der Waals surface area contributed by atoms with E-state index in [2.05, 4.69) is 10.6 Å². The number of ether oxygens (including phenoxy) is 2. The molecule has 0 radical (unpaired) electrons. The van der Waals surface area contributed by atoms with E-state index in [9.17, 15) is 28.8 Å². The van der Waals surface area contributed by atoms with E-state index in [1.54, 1.807) is 0 Å². The summed E-state index contributed by atoms with van der Waals surface area (Å²) in [7, 11) is 0. The molecule has 0 aromatic rings. The molecule has 2 aliphatic heterocycles. The van der Waals surface area contributed by atoms with Crippen LogP contribution in [-0.4, -0.2) is 93.8 Å². The van der Waals surface area contributed by atoms with Gasteiger partial charge in [-0.05, 0) is 77.0 Å². The summed E-state index contributed by atoms with van der Waals surface area (Å²) in [4.78, 5) is 82.1. The zero-order valence-corrected chi connectivity index (χ0v) is 28.4. The van der Waals surface area contributed by atoms with Crippen molar-refractivity contribution in [1.82, 2.24) is 20.4 Å². The summed E-state index contributed by atoms with van der Waals surface area (Å²) < 4.78 is 10.7. The summed E-state index contributed by atoms with van der Waals surface area (Å²) in [5.41, 5.74) is -1.51. The van der Waals surface area contributed by atoms with Crippen molar-refractivity contribution in [1.29, 1.82) is 0 Å². The molecule has 2 unspecified atom stereocenters. The molecule has 2 saturated heterocycles. The average molecular weight is 671 g/mol. The number of rotatable bonds is 7. The number of hydrogen-bond acceptors (Lipinski definition) is 10. The number of nitrogens with one attached hydrogen (secondary N) is 2. The predicted octanol–water partition coefficient (Wildman–Crippen LogP) is 3.58. The number of esters is 2. The number of carbonyl (C=O) groups is 6. The highest BCUT2D eigenvalue weighted by molar-refractivity contribution is 6.36. The molecule has 2 heterocycles. The number of amides is 4. The van der Waals surface area contributed by atoms with Crippen LogP contribution in [0.1, 0.15) is 141 Å². The Bertz CT molecular complexity index is 1150. The van der Waals surface area contributed by atoms with Crippen LogP contribution in [0.25, 0.3) is 0 Å². The predicted molar refractivity (Wildman–Crippen MR) is 174 cm³/mol. The van der Waals surface area contributed by atoms with Crippen LogP contribution in [-0.2, 0) is 38.2 Å². The van der Waals surface area contributed by atoms with Crippen LogP contribution in [0.15, 0.2) is 0 Å². The molecule has 266 valence electrons. The summed E-state index contributed by atoms with van der Waals surface area (Å²) >= 11 is 0. The highest BCUT2D eigenvalue weighted by Gasteiger charge is 2.56. The Kier molecular flexibility index (Phi) is 11.2. The van der Waals surface area contributed by atoms with Gasteiger partial charge in [0.2, 0.25) is 11.8 Å². The smallest absolute Gasteiger partial charge is 0.397 e. The number of carbonyl (C=O) groups excluding carboxylic acids is 6. The van der Waals surface area contributed by atoms with Gasteiger partial charge in [-0.2, -0.15) is 0 Å². The number of imide groups is 2. The maximum absolute atomic E-state index is 13.7. The van der Waals surface area contributed by atoms with Gasteiger partial charge in [0, 0.05) is 12.1 Å². The Labute approximate surface area is 283 Å². The van der Waals surface area contributed by atoms with Crippen molar-refractivity contribution in [3.05, 3.63) is 0 Å². The maximum atomic E-state index is 13.7. The third kappa shape index (κ3) is 7.06. The van der Waals surface area contributed by atoms with Crippen LogP contribution in [0.5, 0.6) is 0 Å². The van der Waals surface area contributed by atoms with E-state index in [1.807, 2.05) is 0 Å². The van der Waals surface area contributed by atoms with Crippen molar-refractivity contribution in [3.8, 4) is 0 Å². The van der Waals surface area contributed by atoms with Gasteiger partial charge >= 0.3 is 23.8 Å². The summed E-state index contributed by atoms with van der Waals surface area (Å²) in [6.45, 7) is 0.107. The lowest BCUT2D eigenvalue weighted by atomic mass is 9.74. The van der Waals surface area contributed by atoms with Gasteiger partial charge in [0.25, 0.3) is 0 Å². The van der Waals surface area contributed by atoms with Gasteiger partial charge in [0.05, 0.1) is 36.4 Å². The molecule has 12 nitrogen and oxygen atoms in total. The van der Waals surface area contributed by atoms with E-state index >= 15 is 0 Å². The average Bonchev–Trinajstić information content (AvgIpc) is 3.10. The summed E-state index contributed by atoms with van der Waals surface area (Å²) in [6.07, 6.45) is 18.0. The second-order valence-electron chi connectivity index (χ2n) is 15.1. The molecule has 0 aromatic carbocycles. The van der Waals surface area contributed by atoms with Crippen LogP contribution in [0.4, 0.5) is 0 Å². The van der Waals surface area contributed by atoms with E-state index in [1.165, 1.54) is 9.80 Å². The van der Waals surface area contributed by atoms with Crippen LogP contribution < -0.4 is 10.6 Å². The van der Waals surface area contributed by atoms with Gasteiger partial charge < -0.3 is 9.47 Å². The van der Waals surface area contributed by atoms with Gasteiger partial charge in [0.1, 0.15) is 0 Å². The summed E-state index contributed by atoms with van der Waals surface area (Å²) in [5, 5.41) is 7.22. The first-order valence-corrected chi connectivity index (χ1v) is 18.9. The van der Waals surface area contributed by atoms with Crippen LogP contribution in [0.2, 0.25) is 0 Å². The quantitative estimate of drug-likeness (QED) is 0.234. The van der Waals surface area contributed by atoms with Crippen molar-refractivity contribution in [3.63, 3.8) is 0 Å². The van der Waals surface area contributed by atoms with Gasteiger partial charge in [-0.25, -0.2) is 9.59 Å². The number of nitrogens with zero attached hydrogens (tertiary/aromatic N) is 2. The van der Waals surface area contributed by atoms with Crippen molar-refractivity contribution in [2.75, 3.05) is 13.2 Å². The molecule has 6 rings (SSSR count). The summed E-state index contributed by atoms with van der Waals surface area (Å²) in [5.74, 6) is -4.20. The van der Waals surface area contributed by atoms with E-state index in [-0.39, 0.29) is 49.2 Å². The normalized spacial score (nSPS) is 29.6. The van der Waals surface area contributed by atoms with Crippen LogP contribution >= 0.6 is 0 Å². The number of unbranched alkanes of at least 4 members (excludes halogenated alkanes) is 3. The van der Waals surface area contributed by atoms with Crippen molar-refractivity contribution < 1.29 is 38.2 Å². The molecule has 2 N–H and O–H groups in total. The molecule has 6 fully saturated rings. The Hall–Kier alpha value is -2.86. The molecule has 4 atom stereocenters. The fraction of sp³-hybridized carbons (Fsp3) is 0.833. The SMILES string of the molecule is O=C(OCCCCCCOC(=O)C(=O)N1C(=O)C2(CCCCC2)N[C@H]2CCCC[C@@H]21)C(=O)N1C(=O)C2(CCCCC2)NC2CCCCC21. The van der Waals surface area contributed by atoms with Gasteiger partial charge in [-0.1, -0.05) is 64.2 Å². The summed E-state index contributed by atoms with van der Waals surface area (Å²) in [6, 6.07) is -0.581. The molecule has 2 spiro atoms. The molecule has 48 heavy (non-hydrogen) atoms. The Morgan fingerprint density at radius 3 is 1.31 bits per heavy atom. The molecular formula is C36H54N4O8. The Balaban J connectivity index is 0.920. The monoisotopic (exact) mass is 670 g/mol. The minimum atomic E-state index is -0.981. The zero-order valence-electron chi connectivity index (χ0n) is 28.4. The highest BCUT2D eigenvalue weighted by Crippen LogP contribution is 2.40. The first-order valence-electron chi connectivity index (χ1n) is 18.9. The Morgan fingerprint density at radius 2 is 0.917 bits per heavy atom. The highest BCUT2D eigenvalue weighted by atomic mass is 16.5. The molecule has 4 aliphatic carbocycles. The van der Waals surface area contributed by atoms with Crippen LogP contribution in [0, 0.1) is 0 Å². The number of fused-ring (bicyclic) bond motifs is 2. The topological polar surface area (TPSA) is 151 Å². The lowest BCUT2D eigenvalue weighted by molar-refractivity contribution is -0.172. The van der Waals surface area contributed by atoms with Crippen molar-refractivity contribution in [2.24, 2.45) is 0 Å². The molecule has 4 saturated carbocycles. The molecule has 0 aromatic heterocycles. The third-order valence-corrected chi connectivity index (χ3v) is 12.0. The second-order valence-corrected chi connectivity index (χ2v) is 15.1. The first kappa shape index (κ1) is 35.0. The van der Waals surface area contributed by atoms with Gasteiger partial charge in [-0.3, -0.25) is 39.6 Å². The van der Waals surface area contributed by atoms with Gasteiger partial charge in [-0.15, -0.1) is 0 Å². The van der Waals surface area contributed by atoms with Crippen molar-refractivity contribution >= 4 is 35.6 Å². The zero-order chi connectivity index (χ0) is 33.7. The van der Waals surface area contributed by atoms with E-state index in [4.69, 9.17) is 9.47 Å². The van der Waals surface area contributed by atoms with E-state index in [0.717, 1.165) is 77.0 Å². The van der Waals surface area contributed by atoms with E-state index < -0.39 is 34.8 Å². The Morgan fingerprint density at radius 1 is 0.542 bits per heavy atom. The minimum absolute atomic E-state index is 0.0192. The van der Waals surface area contributed by atoms with E-state index in [0.29, 0.717) is 64.2 Å². The lowest BCUT2D eigenvalue weighted by Gasteiger charge is -2.52. The largest absolute Gasteiger partial charge is 0.459 e. The molecular weight excluding hydrogens is 616 g/mol. The lowest BCUT2D eigenvalue weighted by Crippen LogP contribution is -2.74. The first-order chi connectivity index (χ1) is 23.3. The fourth-order valence-electron chi connectivity index (χ4n) is 9.49. The molecule has 12 heteroatoms. The maximum Gasteiger partial charge on any atom is 0.397 e. The van der Waals surface area contributed by atoms with Gasteiger partial charge in [0.15, 0.2) is 0 Å². The number of piperazine rings is 2. The molecule has 4 amide bonds. The number of hydrogen-bond donors (Lipinski definition) is 2. The third-order valence-electron chi connectivity index (χ3n) is 12.0.